The molecule has 2 rings (SSSR count). The number of aromatic nitrogens is 1. The van der Waals surface area contributed by atoms with E-state index in [9.17, 15) is 18.0 Å². The molecule has 17 heavy (non-hydrogen) atoms. The lowest BCUT2D eigenvalue weighted by atomic mass is 10.1. The van der Waals surface area contributed by atoms with Crippen molar-refractivity contribution in [3.05, 3.63) is 34.5 Å². The molecule has 0 aliphatic heterocycles. The van der Waals surface area contributed by atoms with Gasteiger partial charge in [0.1, 0.15) is 5.69 Å². The number of carbonyl (C=O) groups excluding carboxylic acids is 1. The summed E-state index contributed by atoms with van der Waals surface area (Å²) in [5.41, 5.74) is -1.02. The summed E-state index contributed by atoms with van der Waals surface area (Å²) in [5, 5.41) is 0.573. The van der Waals surface area contributed by atoms with Gasteiger partial charge in [-0.1, -0.05) is 17.7 Å². The first-order valence-corrected chi connectivity index (χ1v) is 5.04. The van der Waals surface area contributed by atoms with Crippen LogP contribution in [-0.2, 0) is 13.2 Å². The Kier molecular flexibility index (Phi) is 2.66. The van der Waals surface area contributed by atoms with Crippen LogP contribution in [0.25, 0.3) is 10.9 Å². The third kappa shape index (κ3) is 1.80. The molecule has 0 saturated carbocycles. The first kappa shape index (κ1) is 12.0. The molecule has 0 bridgehead atoms. The molecule has 2 nitrogen and oxygen atoms in total. The van der Waals surface area contributed by atoms with E-state index in [4.69, 9.17) is 11.6 Å². The highest BCUT2D eigenvalue weighted by Gasteiger charge is 2.38. The molecule has 0 aliphatic rings. The SMILES string of the molecule is Cn1c(C(F)(F)F)c(C=O)c2ccc(Cl)cc21. The number of aryl methyl sites for hydroxylation is 1. The Labute approximate surface area is 99.6 Å². The molecule has 0 aliphatic carbocycles. The van der Waals surface area contributed by atoms with Gasteiger partial charge in [0, 0.05) is 17.5 Å². The predicted molar refractivity (Wildman–Crippen MR) is 58.3 cm³/mol. The van der Waals surface area contributed by atoms with Crippen molar-refractivity contribution >= 4 is 28.8 Å². The predicted octanol–water partition coefficient (Wildman–Crippen LogP) is 3.66. The van der Waals surface area contributed by atoms with E-state index in [-0.39, 0.29) is 22.8 Å². The summed E-state index contributed by atoms with van der Waals surface area (Å²) in [7, 11) is 1.26. The van der Waals surface area contributed by atoms with Crippen molar-refractivity contribution < 1.29 is 18.0 Å². The molecule has 1 aromatic carbocycles. The maximum atomic E-state index is 12.8. The molecule has 0 atom stereocenters. The van der Waals surface area contributed by atoms with Gasteiger partial charge in [0.05, 0.1) is 11.1 Å². The quantitative estimate of drug-likeness (QED) is 0.718. The van der Waals surface area contributed by atoms with E-state index in [0.717, 1.165) is 4.57 Å². The number of carbonyl (C=O) groups is 1. The van der Waals surface area contributed by atoms with Gasteiger partial charge in [-0.15, -0.1) is 0 Å². The summed E-state index contributed by atoms with van der Waals surface area (Å²) < 4.78 is 39.4. The molecule has 2 aromatic rings. The van der Waals surface area contributed by atoms with Crippen molar-refractivity contribution in [3.63, 3.8) is 0 Å². The number of alkyl halides is 3. The van der Waals surface area contributed by atoms with Crippen molar-refractivity contribution in [2.45, 2.75) is 6.18 Å². The van der Waals surface area contributed by atoms with E-state index in [0.29, 0.717) is 5.02 Å². The average molecular weight is 262 g/mol. The zero-order valence-electron chi connectivity index (χ0n) is 8.68. The number of nitrogens with zero attached hydrogens (tertiary/aromatic N) is 1. The Morgan fingerprint density at radius 1 is 1.35 bits per heavy atom. The molecule has 0 saturated heterocycles. The second kappa shape index (κ2) is 3.77. The molecule has 0 radical (unpaired) electrons. The average Bonchev–Trinajstić information content (AvgIpc) is 2.51. The second-order valence-electron chi connectivity index (χ2n) is 3.60. The third-order valence-corrected chi connectivity index (χ3v) is 2.82. The summed E-state index contributed by atoms with van der Waals surface area (Å²) in [4.78, 5) is 10.8. The molecule has 6 heteroatoms. The summed E-state index contributed by atoms with van der Waals surface area (Å²) in [6.45, 7) is 0. The van der Waals surface area contributed by atoms with E-state index in [1.54, 1.807) is 0 Å². The monoisotopic (exact) mass is 261 g/mol. The van der Waals surface area contributed by atoms with Gasteiger partial charge in [0.2, 0.25) is 0 Å². The van der Waals surface area contributed by atoms with Crippen LogP contribution in [-0.4, -0.2) is 10.9 Å². The number of fused-ring (bicyclic) bond motifs is 1. The highest BCUT2D eigenvalue weighted by molar-refractivity contribution is 6.31. The van der Waals surface area contributed by atoms with Crippen LogP contribution in [0.4, 0.5) is 13.2 Å². The highest BCUT2D eigenvalue weighted by atomic mass is 35.5. The van der Waals surface area contributed by atoms with Crippen LogP contribution in [0.3, 0.4) is 0 Å². The van der Waals surface area contributed by atoms with Crippen molar-refractivity contribution in [2.24, 2.45) is 7.05 Å². The van der Waals surface area contributed by atoms with Crippen LogP contribution in [0, 0.1) is 0 Å². The maximum absolute atomic E-state index is 12.8. The van der Waals surface area contributed by atoms with Gasteiger partial charge in [0.25, 0.3) is 0 Å². The summed E-state index contributed by atoms with van der Waals surface area (Å²) >= 11 is 5.73. The minimum absolute atomic E-state index is 0.221. The number of halogens is 4. The van der Waals surface area contributed by atoms with Crippen LogP contribution in [0.1, 0.15) is 16.1 Å². The molecule has 0 amide bonds. The van der Waals surface area contributed by atoms with Crippen molar-refractivity contribution in [1.82, 2.24) is 4.57 Å². The molecule has 0 fully saturated rings. The lowest BCUT2D eigenvalue weighted by Gasteiger charge is -2.08. The lowest BCUT2D eigenvalue weighted by molar-refractivity contribution is -0.143. The summed E-state index contributed by atoms with van der Waals surface area (Å²) in [5.74, 6) is 0. The largest absolute Gasteiger partial charge is 0.432 e. The fraction of sp³-hybridized carbons (Fsp3) is 0.182. The zero-order valence-corrected chi connectivity index (χ0v) is 9.43. The molecule has 1 heterocycles. The van der Waals surface area contributed by atoms with Crippen LogP contribution < -0.4 is 0 Å². The first-order valence-electron chi connectivity index (χ1n) is 4.66. The Balaban J connectivity index is 2.93. The summed E-state index contributed by atoms with van der Waals surface area (Å²) in [6, 6.07) is 4.27. The number of aldehydes is 1. The van der Waals surface area contributed by atoms with Gasteiger partial charge in [-0.25, -0.2) is 0 Å². The number of hydrogen-bond acceptors (Lipinski definition) is 1. The Hall–Kier alpha value is -1.49. The van der Waals surface area contributed by atoms with Crippen molar-refractivity contribution in [1.29, 1.82) is 0 Å². The van der Waals surface area contributed by atoms with Crippen LogP contribution in [0.2, 0.25) is 5.02 Å². The van der Waals surface area contributed by atoms with Gasteiger partial charge in [-0.3, -0.25) is 4.79 Å². The number of rotatable bonds is 1. The van der Waals surface area contributed by atoms with E-state index >= 15 is 0 Å². The van der Waals surface area contributed by atoms with Gasteiger partial charge < -0.3 is 4.57 Å². The minimum Gasteiger partial charge on any atom is -0.339 e. The summed E-state index contributed by atoms with van der Waals surface area (Å²) in [6.07, 6.45) is -4.35. The molecule has 0 spiro atoms. The van der Waals surface area contributed by atoms with Crippen molar-refractivity contribution in [2.75, 3.05) is 0 Å². The molecule has 1 aromatic heterocycles. The topological polar surface area (TPSA) is 22.0 Å². The van der Waals surface area contributed by atoms with Crippen molar-refractivity contribution in [3.8, 4) is 0 Å². The van der Waals surface area contributed by atoms with Crippen LogP contribution in [0.15, 0.2) is 18.2 Å². The fourth-order valence-corrected chi connectivity index (χ4v) is 2.07. The first-order chi connectivity index (χ1) is 7.86. The standard InChI is InChI=1S/C11H7ClF3NO/c1-16-9-4-6(12)2-3-7(9)8(5-17)10(16)11(13,14)15/h2-5H,1H3. The van der Waals surface area contributed by atoms with Gasteiger partial charge in [0.15, 0.2) is 6.29 Å². The smallest absolute Gasteiger partial charge is 0.339 e. The van der Waals surface area contributed by atoms with Crippen LogP contribution in [0.5, 0.6) is 0 Å². The minimum atomic E-state index is -4.57. The Morgan fingerprint density at radius 2 is 2.00 bits per heavy atom. The van der Waals surface area contributed by atoms with Gasteiger partial charge >= 0.3 is 6.18 Å². The Morgan fingerprint density at radius 3 is 2.53 bits per heavy atom. The van der Waals surface area contributed by atoms with Gasteiger partial charge in [-0.05, 0) is 12.1 Å². The number of hydrogen-bond donors (Lipinski definition) is 0. The maximum Gasteiger partial charge on any atom is 0.432 e. The van der Waals surface area contributed by atoms with E-state index in [1.807, 2.05) is 0 Å². The second-order valence-corrected chi connectivity index (χ2v) is 4.03. The lowest BCUT2D eigenvalue weighted by Crippen LogP contribution is -2.13. The molecule has 90 valence electrons. The zero-order chi connectivity index (χ0) is 12.8. The fourth-order valence-electron chi connectivity index (χ4n) is 1.90. The molecule has 0 N–H and O–H groups in total. The van der Waals surface area contributed by atoms with Crippen LogP contribution >= 0.6 is 11.6 Å². The normalized spacial score (nSPS) is 12.1. The van der Waals surface area contributed by atoms with E-state index in [1.165, 1.54) is 25.2 Å². The molecular formula is C11H7ClF3NO. The van der Waals surface area contributed by atoms with E-state index in [2.05, 4.69) is 0 Å². The molecular weight excluding hydrogens is 255 g/mol. The molecule has 0 unspecified atom stereocenters. The van der Waals surface area contributed by atoms with Gasteiger partial charge in [-0.2, -0.15) is 13.2 Å². The third-order valence-electron chi connectivity index (χ3n) is 2.59. The Bertz CT molecular complexity index is 601. The van der Waals surface area contributed by atoms with E-state index < -0.39 is 11.9 Å². The number of benzene rings is 1. The highest BCUT2D eigenvalue weighted by Crippen LogP contribution is 2.37.